The Bertz CT molecular complexity index is 985. The maximum absolute atomic E-state index is 13.3. The van der Waals surface area contributed by atoms with Crippen molar-refractivity contribution in [2.45, 2.75) is 50.0 Å². The number of carboxylic acids is 2. The molecule has 162 valence electrons. The van der Waals surface area contributed by atoms with E-state index in [9.17, 15) is 31.5 Å². The molecular weight excluding hydrogens is 422 g/mol. The first-order valence-electron chi connectivity index (χ1n) is 9.22. The maximum Gasteiger partial charge on any atom is 0.335 e. The van der Waals surface area contributed by atoms with Gasteiger partial charge in [0.15, 0.2) is 9.84 Å². The molecule has 0 saturated carbocycles. The van der Waals surface area contributed by atoms with Gasteiger partial charge in [0.1, 0.15) is 0 Å². The molecule has 2 rings (SSSR count). The van der Waals surface area contributed by atoms with E-state index in [0.29, 0.717) is 24.8 Å². The molecule has 0 bridgehead atoms. The van der Waals surface area contributed by atoms with Crippen LogP contribution < -0.4 is 0 Å². The second-order valence-electron chi connectivity index (χ2n) is 7.16. The molecule has 1 aliphatic rings. The molecule has 29 heavy (non-hydrogen) atoms. The van der Waals surface area contributed by atoms with Gasteiger partial charge in [-0.1, -0.05) is 12.5 Å². The van der Waals surface area contributed by atoms with Crippen molar-refractivity contribution in [2.24, 2.45) is 0 Å². The Balaban J connectivity index is 2.32. The van der Waals surface area contributed by atoms with Gasteiger partial charge >= 0.3 is 11.9 Å². The minimum Gasteiger partial charge on any atom is -0.481 e. The number of nitrogens with zero attached hydrogens (tertiary/aromatic N) is 1. The van der Waals surface area contributed by atoms with Crippen LogP contribution in [0, 0.1) is 6.92 Å². The SMILES string of the molecule is Cc1ccc(C(=O)O)cc1S(=O)(=O)N(CCCCCC(=O)O)[C@@H]1CCS(=O)(=O)C1. The van der Waals surface area contributed by atoms with Crippen LogP contribution in [0.1, 0.15) is 48.0 Å². The van der Waals surface area contributed by atoms with Crippen LogP contribution in [0.3, 0.4) is 0 Å². The summed E-state index contributed by atoms with van der Waals surface area (Å²) >= 11 is 0. The summed E-state index contributed by atoms with van der Waals surface area (Å²) in [5.41, 5.74) is 0.196. The predicted molar refractivity (Wildman–Crippen MR) is 105 cm³/mol. The van der Waals surface area contributed by atoms with E-state index in [1.54, 1.807) is 6.92 Å². The predicted octanol–water partition coefficient (Wildman–Crippen LogP) is 1.52. The van der Waals surface area contributed by atoms with E-state index in [1.165, 1.54) is 12.1 Å². The highest BCUT2D eigenvalue weighted by atomic mass is 32.2. The summed E-state index contributed by atoms with van der Waals surface area (Å²) in [7, 11) is -7.47. The van der Waals surface area contributed by atoms with Crippen molar-refractivity contribution in [3.05, 3.63) is 29.3 Å². The van der Waals surface area contributed by atoms with E-state index in [1.807, 2.05) is 0 Å². The van der Waals surface area contributed by atoms with Crippen LogP contribution in [-0.2, 0) is 24.7 Å². The van der Waals surface area contributed by atoms with Gasteiger partial charge in [0.25, 0.3) is 0 Å². The number of sulfone groups is 1. The smallest absolute Gasteiger partial charge is 0.335 e. The van der Waals surface area contributed by atoms with Gasteiger partial charge in [0, 0.05) is 19.0 Å². The molecule has 1 aromatic carbocycles. The molecule has 1 aromatic rings. The van der Waals surface area contributed by atoms with Crippen molar-refractivity contribution in [3.63, 3.8) is 0 Å². The second kappa shape index (κ2) is 9.23. The fourth-order valence-corrected chi connectivity index (χ4v) is 7.13. The number of carboxylic acid groups (broad SMARTS) is 2. The third-order valence-electron chi connectivity index (χ3n) is 4.91. The maximum atomic E-state index is 13.3. The normalized spacial score (nSPS) is 18.8. The Hall–Kier alpha value is -1.98. The first-order chi connectivity index (χ1) is 13.4. The zero-order valence-corrected chi connectivity index (χ0v) is 17.7. The molecule has 1 fully saturated rings. The molecule has 2 N–H and O–H groups in total. The molecule has 0 aromatic heterocycles. The van der Waals surface area contributed by atoms with Gasteiger partial charge < -0.3 is 10.2 Å². The van der Waals surface area contributed by atoms with Crippen molar-refractivity contribution in [1.29, 1.82) is 0 Å². The standard InChI is InChI=1S/C18H25NO8S2/c1-13-6-7-14(18(22)23)11-16(13)29(26,27)19(9-4-2-3-5-17(20)21)15-8-10-28(24,25)12-15/h6-7,11,15H,2-5,8-10,12H2,1H3,(H,20,21)(H,22,23)/t15-/m1/s1. The van der Waals surface area contributed by atoms with Gasteiger partial charge in [0.05, 0.1) is 22.0 Å². The van der Waals surface area contributed by atoms with Gasteiger partial charge in [-0.15, -0.1) is 0 Å². The molecule has 0 unspecified atom stereocenters. The third kappa shape index (κ3) is 6.00. The van der Waals surface area contributed by atoms with Crippen molar-refractivity contribution in [2.75, 3.05) is 18.1 Å². The van der Waals surface area contributed by atoms with Gasteiger partial charge in [0.2, 0.25) is 10.0 Å². The zero-order valence-electron chi connectivity index (χ0n) is 16.1. The molecule has 0 spiro atoms. The lowest BCUT2D eigenvalue weighted by Gasteiger charge is -2.28. The highest BCUT2D eigenvalue weighted by Gasteiger charge is 2.39. The first-order valence-corrected chi connectivity index (χ1v) is 12.5. The lowest BCUT2D eigenvalue weighted by atomic mass is 10.1. The quantitative estimate of drug-likeness (QED) is 0.513. The van der Waals surface area contributed by atoms with E-state index in [0.717, 1.165) is 10.4 Å². The lowest BCUT2D eigenvalue weighted by molar-refractivity contribution is -0.137. The minimum atomic E-state index is -4.14. The molecule has 1 heterocycles. The number of rotatable bonds is 10. The van der Waals surface area contributed by atoms with Crippen molar-refractivity contribution in [1.82, 2.24) is 4.31 Å². The molecule has 9 nitrogen and oxygen atoms in total. The van der Waals surface area contributed by atoms with Gasteiger partial charge in [-0.3, -0.25) is 4.79 Å². The average Bonchev–Trinajstić information content (AvgIpc) is 2.96. The lowest BCUT2D eigenvalue weighted by Crippen LogP contribution is -2.42. The number of sulfonamides is 1. The Morgan fingerprint density at radius 3 is 2.41 bits per heavy atom. The fraction of sp³-hybridized carbons (Fsp3) is 0.556. The minimum absolute atomic E-state index is 0.0235. The molecule has 11 heteroatoms. The highest BCUT2D eigenvalue weighted by molar-refractivity contribution is 7.92. The Morgan fingerprint density at radius 1 is 1.17 bits per heavy atom. The Kier molecular flexibility index (Phi) is 7.41. The number of aromatic carboxylic acids is 1. The Labute approximate surface area is 170 Å². The van der Waals surface area contributed by atoms with Crippen LogP contribution in [0.5, 0.6) is 0 Å². The highest BCUT2D eigenvalue weighted by Crippen LogP contribution is 2.28. The number of hydrogen-bond acceptors (Lipinski definition) is 6. The number of hydrogen-bond donors (Lipinski definition) is 2. The second-order valence-corrected chi connectivity index (χ2v) is 11.3. The number of unbranched alkanes of at least 4 members (excludes halogenated alkanes) is 2. The number of aliphatic carboxylic acids is 1. The summed E-state index contributed by atoms with van der Waals surface area (Å²) in [5, 5.41) is 17.9. The molecule has 0 aliphatic carbocycles. The van der Waals surface area contributed by atoms with Crippen LogP contribution in [0.4, 0.5) is 0 Å². The van der Waals surface area contributed by atoms with Crippen LogP contribution in [0.2, 0.25) is 0 Å². The largest absolute Gasteiger partial charge is 0.481 e. The summed E-state index contributed by atoms with van der Waals surface area (Å²) < 4.78 is 51.6. The summed E-state index contributed by atoms with van der Waals surface area (Å²) in [6.45, 7) is 1.59. The van der Waals surface area contributed by atoms with Crippen LogP contribution in [0.25, 0.3) is 0 Å². The van der Waals surface area contributed by atoms with Gasteiger partial charge in [-0.2, -0.15) is 4.31 Å². The zero-order chi connectivity index (χ0) is 21.8. The molecule has 1 aliphatic heterocycles. The number of benzene rings is 1. The number of carbonyl (C=O) groups is 2. The molecule has 0 amide bonds. The van der Waals surface area contributed by atoms with Crippen molar-refractivity contribution in [3.8, 4) is 0 Å². The first kappa shape index (κ1) is 23.3. The van der Waals surface area contributed by atoms with Crippen LogP contribution in [-0.4, -0.2) is 67.4 Å². The Morgan fingerprint density at radius 2 is 1.86 bits per heavy atom. The summed E-state index contributed by atoms with van der Waals surface area (Å²) in [6, 6.07) is 3.09. The van der Waals surface area contributed by atoms with Crippen LogP contribution in [0.15, 0.2) is 23.1 Å². The molecule has 1 saturated heterocycles. The summed E-state index contributed by atoms with van der Waals surface area (Å²) in [5.74, 6) is -2.57. The van der Waals surface area contributed by atoms with Gasteiger partial charge in [-0.25, -0.2) is 21.6 Å². The third-order valence-corrected chi connectivity index (χ3v) is 8.75. The summed E-state index contributed by atoms with van der Waals surface area (Å²) in [6.07, 6.45) is 1.39. The topological polar surface area (TPSA) is 146 Å². The van der Waals surface area contributed by atoms with E-state index in [4.69, 9.17) is 5.11 Å². The van der Waals surface area contributed by atoms with Crippen molar-refractivity contribution >= 4 is 31.8 Å². The van der Waals surface area contributed by atoms with Gasteiger partial charge in [-0.05, 0) is 43.9 Å². The average molecular weight is 448 g/mol. The van der Waals surface area contributed by atoms with E-state index in [-0.39, 0.29) is 41.4 Å². The molecule has 0 radical (unpaired) electrons. The molecular formula is C18H25NO8S2. The summed E-state index contributed by atoms with van der Waals surface area (Å²) in [4.78, 5) is 21.7. The fourth-order valence-electron chi connectivity index (χ4n) is 3.36. The monoisotopic (exact) mass is 447 g/mol. The van der Waals surface area contributed by atoms with Crippen molar-refractivity contribution < 1.29 is 36.6 Å². The number of aryl methyl sites for hydroxylation is 1. The van der Waals surface area contributed by atoms with E-state index in [2.05, 4.69) is 0 Å². The van der Waals surface area contributed by atoms with Crippen LogP contribution >= 0.6 is 0 Å². The molecule has 1 atom stereocenters. The van der Waals surface area contributed by atoms with E-state index >= 15 is 0 Å². The van der Waals surface area contributed by atoms with E-state index < -0.39 is 37.8 Å².